The molecule has 2 rings (SSSR count). The summed E-state index contributed by atoms with van der Waals surface area (Å²) in [5, 5.41) is 4.16. The number of unbranched alkanes of at least 4 members (excludes halogenated alkanes) is 1. The summed E-state index contributed by atoms with van der Waals surface area (Å²) in [5.74, 6) is 6.33. The second-order valence-corrected chi connectivity index (χ2v) is 4.24. The largest absolute Gasteiger partial charge is 0.423 e. The molecule has 0 atom stereocenters. The third kappa shape index (κ3) is 2.97. The van der Waals surface area contributed by atoms with E-state index < -0.39 is 0 Å². The third-order valence-corrected chi connectivity index (χ3v) is 2.76. The van der Waals surface area contributed by atoms with Gasteiger partial charge in [0.05, 0.1) is 11.3 Å². The molecule has 0 bridgehead atoms. The Labute approximate surface area is 112 Å². The Morgan fingerprint density at radius 2 is 2.05 bits per heavy atom. The Kier molecular flexibility index (Phi) is 4.25. The molecule has 0 spiro atoms. The quantitative estimate of drug-likeness (QED) is 0.675. The number of anilines is 1. The summed E-state index contributed by atoms with van der Waals surface area (Å²) in [6, 6.07) is 6.92. The van der Waals surface area contributed by atoms with Gasteiger partial charge in [-0.3, -0.25) is 0 Å². The van der Waals surface area contributed by atoms with Crippen molar-refractivity contribution in [3.05, 3.63) is 40.2 Å². The van der Waals surface area contributed by atoms with E-state index in [1.807, 2.05) is 13.0 Å². The molecule has 1 aromatic heterocycles. The first-order chi connectivity index (χ1) is 9.26. The topological polar surface area (TPSA) is 42.2 Å². The predicted molar refractivity (Wildman–Crippen MR) is 78.4 cm³/mol. The zero-order chi connectivity index (χ0) is 13.7. The molecule has 3 nitrogen and oxygen atoms in total. The molecule has 0 aliphatic heterocycles. The van der Waals surface area contributed by atoms with Gasteiger partial charge in [0.2, 0.25) is 0 Å². The van der Waals surface area contributed by atoms with Crippen LogP contribution in [0.3, 0.4) is 0 Å². The SMILES string of the molecule is CCCC#Cc1c(NCC)ccc2oc(=O)ccc12. The van der Waals surface area contributed by atoms with E-state index in [2.05, 4.69) is 24.1 Å². The predicted octanol–water partition coefficient (Wildman–Crippen LogP) is 3.38. The second-order valence-electron chi connectivity index (χ2n) is 4.24. The molecule has 1 heterocycles. The molecule has 0 aliphatic rings. The summed E-state index contributed by atoms with van der Waals surface area (Å²) >= 11 is 0. The molecule has 0 unspecified atom stereocenters. The van der Waals surface area contributed by atoms with E-state index in [0.717, 1.165) is 36.0 Å². The van der Waals surface area contributed by atoms with Gasteiger partial charge in [0.25, 0.3) is 0 Å². The Bertz CT molecular complexity index is 689. The zero-order valence-corrected chi connectivity index (χ0v) is 11.2. The Morgan fingerprint density at radius 3 is 2.79 bits per heavy atom. The first-order valence-corrected chi connectivity index (χ1v) is 6.56. The van der Waals surface area contributed by atoms with Crippen molar-refractivity contribution in [3.8, 4) is 11.8 Å². The highest BCUT2D eigenvalue weighted by Gasteiger charge is 2.07. The lowest BCUT2D eigenvalue weighted by Gasteiger charge is -2.08. The van der Waals surface area contributed by atoms with Gasteiger partial charge in [-0.15, -0.1) is 0 Å². The smallest absolute Gasteiger partial charge is 0.336 e. The van der Waals surface area contributed by atoms with Gasteiger partial charge in [0.1, 0.15) is 5.58 Å². The molecule has 0 amide bonds. The van der Waals surface area contributed by atoms with Crippen LogP contribution >= 0.6 is 0 Å². The van der Waals surface area contributed by atoms with E-state index >= 15 is 0 Å². The van der Waals surface area contributed by atoms with Crippen LogP contribution in [-0.2, 0) is 0 Å². The Balaban J connectivity index is 2.62. The molecule has 2 aromatic rings. The number of hydrogen-bond donors (Lipinski definition) is 1. The molecule has 0 aliphatic carbocycles. The summed E-state index contributed by atoms with van der Waals surface area (Å²) in [4.78, 5) is 11.2. The van der Waals surface area contributed by atoms with Crippen molar-refractivity contribution in [2.75, 3.05) is 11.9 Å². The van der Waals surface area contributed by atoms with Crippen molar-refractivity contribution in [1.82, 2.24) is 0 Å². The van der Waals surface area contributed by atoms with Gasteiger partial charge in [-0.05, 0) is 31.5 Å². The number of benzene rings is 1. The molecule has 19 heavy (non-hydrogen) atoms. The van der Waals surface area contributed by atoms with Gasteiger partial charge in [-0.1, -0.05) is 18.8 Å². The van der Waals surface area contributed by atoms with E-state index in [9.17, 15) is 4.79 Å². The molecular weight excluding hydrogens is 238 g/mol. The van der Waals surface area contributed by atoms with Crippen LogP contribution in [-0.4, -0.2) is 6.54 Å². The van der Waals surface area contributed by atoms with Crippen LogP contribution in [0.5, 0.6) is 0 Å². The highest BCUT2D eigenvalue weighted by Crippen LogP contribution is 2.24. The maximum absolute atomic E-state index is 11.2. The highest BCUT2D eigenvalue weighted by atomic mass is 16.4. The van der Waals surface area contributed by atoms with E-state index in [1.54, 1.807) is 12.1 Å². The fraction of sp³-hybridized carbons (Fsp3) is 0.312. The van der Waals surface area contributed by atoms with Crippen LogP contribution in [0.4, 0.5) is 5.69 Å². The third-order valence-electron chi connectivity index (χ3n) is 2.76. The lowest BCUT2D eigenvalue weighted by molar-refractivity contribution is 0.561. The summed E-state index contributed by atoms with van der Waals surface area (Å²) in [7, 11) is 0. The molecular formula is C16H17NO2. The molecule has 1 aromatic carbocycles. The minimum atomic E-state index is -0.337. The number of fused-ring (bicyclic) bond motifs is 1. The van der Waals surface area contributed by atoms with E-state index in [4.69, 9.17) is 4.42 Å². The molecule has 1 N–H and O–H groups in total. The summed E-state index contributed by atoms with van der Waals surface area (Å²) in [5.41, 5.74) is 2.12. The zero-order valence-electron chi connectivity index (χ0n) is 11.2. The van der Waals surface area contributed by atoms with Crippen LogP contribution in [0.2, 0.25) is 0 Å². The van der Waals surface area contributed by atoms with Crippen LogP contribution < -0.4 is 10.9 Å². The van der Waals surface area contributed by atoms with Crippen molar-refractivity contribution in [2.24, 2.45) is 0 Å². The van der Waals surface area contributed by atoms with Crippen molar-refractivity contribution in [3.63, 3.8) is 0 Å². The van der Waals surface area contributed by atoms with Crippen LogP contribution in [0.1, 0.15) is 32.3 Å². The average molecular weight is 255 g/mol. The van der Waals surface area contributed by atoms with Gasteiger partial charge in [0.15, 0.2) is 0 Å². The van der Waals surface area contributed by atoms with Crippen LogP contribution in [0, 0.1) is 11.8 Å². The van der Waals surface area contributed by atoms with Crippen molar-refractivity contribution in [2.45, 2.75) is 26.7 Å². The molecule has 0 saturated heterocycles. The highest BCUT2D eigenvalue weighted by molar-refractivity contribution is 5.89. The fourth-order valence-corrected chi connectivity index (χ4v) is 1.90. The Hall–Kier alpha value is -2.21. The van der Waals surface area contributed by atoms with Gasteiger partial charge in [0, 0.05) is 24.4 Å². The summed E-state index contributed by atoms with van der Waals surface area (Å²) in [6.07, 6.45) is 1.89. The standard InChI is InChI=1S/C16H17NO2/c1-3-5-6-7-12-13-8-11-16(18)19-15(13)10-9-14(12)17-4-2/h8-11,17H,3-5H2,1-2H3. The summed E-state index contributed by atoms with van der Waals surface area (Å²) < 4.78 is 5.19. The average Bonchev–Trinajstić information content (AvgIpc) is 2.41. The minimum Gasteiger partial charge on any atom is -0.423 e. The van der Waals surface area contributed by atoms with Gasteiger partial charge in [-0.2, -0.15) is 0 Å². The van der Waals surface area contributed by atoms with Crippen molar-refractivity contribution in [1.29, 1.82) is 0 Å². The normalized spacial score (nSPS) is 10.0. The van der Waals surface area contributed by atoms with Gasteiger partial charge in [-0.25, -0.2) is 4.79 Å². The summed E-state index contributed by atoms with van der Waals surface area (Å²) in [6.45, 7) is 4.96. The fourth-order valence-electron chi connectivity index (χ4n) is 1.90. The molecule has 3 heteroatoms. The molecule has 0 radical (unpaired) electrons. The van der Waals surface area contributed by atoms with Crippen molar-refractivity contribution < 1.29 is 4.42 Å². The number of hydrogen-bond acceptors (Lipinski definition) is 3. The second kappa shape index (κ2) is 6.10. The first kappa shape index (κ1) is 13.2. The number of rotatable bonds is 3. The van der Waals surface area contributed by atoms with Gasteiger partial charge >= 0.3 is 5.63 Å². The van der Waals surface area contributed by atoms with E-state index in [0.29, 0.717) is 5.58 Å². The lowest BCUT2D eigenvalue weighted by atomic mass is 10.1. The van der Waals surface area contributed by atoms with Crippen LogP contribution in [0.15, 0.2) is 33.5 Å². The monoisotopic (exact) mass is 255 g/mol. The van der Waals surface area contributed by atoms with Crippen LogP contribution in [0.25, 0.3) is 11.0 Å². The van der Waals surface area contributed by atoms with Gasteiger partial charge < -0.3 is 9.73 Å². The Morgan fingerprint density at radius 1 is 1.21 bits per heavy atom. The minimum absolute atomic E-state index is 0.337. The van der Waals surface area contributed by atoms with E-state index in [1.165, 1.54) is 6.07 Å². The lowest BCUT2D eigenvalue weighted by Crippen LogP contribution is -2.01. The molecule has 98 valence electrons. The maximum atomic E-state index is 11.2. The molecule has 0 saturated carbocycles. The maximum Gasteiger partial charge on any atom is 0.336 e. The molecule has 0 fully saturated rings. The number of nitrogens with one attached hydrogen (secondary N) is 1. The van der Waals surface area contributed by atoms with Crippen molar-refractivity contribution >= 4 is 16.7 Å². The first-order valence-electron chi connectivity index (χ1n) is 6.56. The van der Waals surface area contributed by atoms with E-state index in [-0.39, 0.29) is 5.63 Å².